The number of alkyl halides is 3. The average molecular weight is 548 g/mol. The molecule has 1 aliphatic heterocycles. The van der Waals surface area contributed by atoms with Gasteiger partial charge in [0.1, 0.15) is 12.4 Å². The number of nitrogens with one attached hydrogen (secondary N) is 3. The molecule has 37 heavy (non-hydrogen) atoms. The van der Waals surface area contributed by atoms with Gasteiger partial charge >= 0.3 is 18.1 Å². The van der Waals surface area contributed by atoms with Gasteiger partial charge in [-0.2, -0.15) is 13.2 Å². The molecule has 5 N–H and O–H groups in total. The molecule has 0 saturated heterocycles. The maximum atomic E-state index is 14.2. The number of rotatable bonds is 8. The molecular weight excluding hydrogens is 522 g/mol. The van der Waals surface area contributed by atoms with E-state index < -0.39 is 41.9 Å². The second-order valence-corrected chi connectivity index (χ2v) is 8.47. The van der Waals surface area contributed by atoms with Gasteiger partial charge in [0.25, 0.3) is 5.91 Å². The number of carbonyl (C=O) groups is 3. The number of carbonyl (C=O) groups excluding carboxylic acids is 1. The molecule has 3 rings (SSSR count). The Kier molecular flexibility index (Phi) is 11.1. The van der Waals surface area contributed by atoms with Gasteiger partial charge in [-0.25, -0.2) is 4.39 Å². The molecule has 0 saturated carbocycles. The molecule has 13 heteroatoms. The molecule has 1 aliphatic rings. The Morgan fingerprint density at radius 1 is 1.00 bits per heavy atom. The normalized spacial score (nSPS) is 12.9. The largest absolute Gasteiger partial charge is 0.481 e. The standard InChI is InChI=1S/C20H20ClF4N3O.C4H6O4/c21-16-4-2-13-5-7-26-8-6-14(13)18(16)27-10-12-1-3-15(17(22)9-12)19(29)28-11-20(23,24)25;5-3(6)1-2-4(7)8/h1-4,9,26-27H,5-8,10-11H2,(H,28,29);1-2H2,(H,5,6)(H,7,8). The molecule has 2 aromatic rings. The number of aliphatic carboxylic acids is 2. The van der Waals surface area contributed by atoms with E-state index in [0.717, 1.165) is 43.2 Å². The molecule has 0 aliphatic carbocycles. The third-order valence-electron chi connectivity index (χ3n) is 5.23. The number of amides is 1. The lowest BCUT2D eigenvalue weighted by Crippen LogP contribution is -2.34. The summed E-state index contributed by atoms with van der Waals surface area (Å²) in [5, 5.41) is 24.6. The highest BCUT2D eigenvalue weighted by Crippen LogP contribution is 2.31. The maximum Gasteiger partial charge on any atom is 0.405 e. The van der Waals surface area contributed by atoms with Crippen molar-refractivity contribution >= 4 is 35.1 Å². The first-order chi connectivity index (χ1) is 17.4. The van der Waals surface area contributed by atoms with E-state index >= 15 is 0 Å². The monoisotopic (exact) mass is 547 g/mol. The number of hydrogen-bond donors (Lipinski definition) is 5. The highest BCUT2D eigenvalue weighted by molar-refractivity contribution is 6.33. The van der Waals surface area contributed by atoms with Crippen LogP contribution >= 0.6 is 11.6 Å². The number of fused-ring (bicyclic) bond motifs is 1. The van der Waals surface area contributed by atoms with Gasteiger partial charge in [-0.3, -0.25) is 14.4 Å². The van der Waals surface area contributed by atoms with E-state index in [9.17, 15) is 31.9 Å². The van der Waals surface area contributed by atoms with Gasteiger partial charge in [-0.15, -0.1) is 0 Å². The quantitative estimate of drug-likeness (QED) is 0.316. The summed E-state index contributed by atoms with van der Waals surface area (Å²) >= 11 is 6.35. The molecule has 0 radical (unpaired) electrons. The first kappa shape index (κ1) is 29.8. The van der Waals surface area contributed by atoms with E-state index in [1.54, 1.807) is 5.32 Å². The van der Waals surface area contributed by atoms with E-state index in [0.29, 0.717) is 10.6 Å². The fraction of sp³-hybridized carbons (Fsp3) is 0.375. The Balaban J connectivity index is 0.000000521. The van der Waals surface area contributed by atoms with Crippen molar-refractivity contribution < 1.29 is 42.2 Å². The van der Waals surface area contributed by atoms with Crippen LogP contribution in [0.2, 0.25) is 5.02 Å². The highest BCUT2D eigenvalue weighted by atomic mass is 35.5. The van der Waals surface area contributed by atoms with Crippen LogP contribution in [0, 0.1) is 5.82 Å². The first-order valence-electron chi connectivity index (χ1n) is 11.2. The molecular formula is C24H26ClF4N3O5. The van der Waals surface area contributed by atoms with Crippen molar-refractivity contribution in [3.63, 3.8) is 0 Å². The predicted octanol–water partition coefficient (Wildman–Crippen LogP) is 4.01. The zero-order chi connectivity index (χ0) is 27.6. The molecule has 0 bridgehead atoms. The fourth-order valence-electron chi connectivity index (χ4n) is 3.47. The Labute approximate surface area is 215 Å². The van der Waals surface area contributed by atoms with Crippen LogP contribution in [-0.4, -0.2) is 53.9 Å². The molecule has 202 valence electrons. The molecule has 1 heterocycles. The molecule has 2 aromatic carbocycles. The third-order valence-corrected chi connectivity index (χ3v) is 5.55. The number of carboxylic acid groups (broad SMARTS) is 2. The van der Waals surface area contributed by atoms with Gasteiger partial charge in [0.15, 0.2) is 0 Å². The zero-order valence-corrected chi connectivity index (χ0v) is 20.3. The van der Waals surface area contributed by atoms with Crippen LogP contribution in [0.5, 0.6) is 0 Å². The van der Waals surface area contributed by atoms with Crippen LogP contribution in [0.15, 0.2) is 30.3 Å². The average Bonchev–Trinajstić information content (AvgIpc) is 3.06. The summed E-state index contributed by atoms with van der Waals surface area (Å²) in [4.78, 5) is 31.0. The minimum atomic E-state index is -4.56. The van der Waals surface area contributed by atoms with Gasteiger partial charge < -0.3 is 26.2 Å². The van der Waals surface area contributed by atoms with Crippen LogP contribution in [0.25, 0.3) is 0 Å². The Morgan fingerprint density at radius 2 is 1.65 bits per heavy atom. The summed E-state index contributed by atoms with van der Waals surface area (Å²) < 4.78 is 50.9. The van der Waals surface area contributed by atoms with E-state index in [1.165, 1.54) is 17.7 Å². The van der Waals surface area contributed by atoms with Crippen LogP contribution in [0.1, 0.15) is 39.9 Å². The molecule has 8 nitrogen and oxygen atoms in total. The Hall–Kier alpha value is -3.38. The smallest absolute Gasteiger partial charge is 0.405 e. The topological polar surface area (TPSA) is 128 Å². The maximum absolute atomic E-state index is 14.2. The molecule has 0 spiro atoms. The second kappa shape index (κ2) is 13.8. The number of anilines is 1. The Bertz CT molecular complexity index is 1110. The predicted molar refractivity (Wildman–Crippen MR) is 128 cm³/mol. The Morgan fingerprint density at radius 3 is 2.24 bits per heavy atom. The second-order valence-electron chi connectivity index (χ2n) is 8.06. The molecule has 1 amide bonds. The zero-order valence-electron chi connectivity index (χ0n) is 19.6. The summed E-state index contributed by atoms with van der Waals surface area (Å²) in [6.45, 7) is 0.460. The first-order valence-corrected chi connectivity index (χ1v) is 11.6. The number of hydrogen-bond acceptors (Lipinski definition) is 5. The van der Waals surface area contributed by atoms with Gasteiger partial charge in [-0.05, 0) is 60.8 Å². The van der Waals surface area contributed by atoms with Gasteiger partial charge in [0, 0.05) is 6.54 Å². The summed E-state index contributed by atoms with van der Waals surface area (Å²) in [5.74, 6) is -4.14. The molecule has 0 atom stereocenters. The van der Waals surface area contributed by atoms with Gasteiger partial charge in [0.2, 0.25) is 0 Å². The summed E-state index contributed by atoms with van der Waals surface area (Å²) in [6, 6.07) is 7.63. The lowest BCUT2D eigenvalue weighted by Gasteiger charge is -2.16. The lowest BCUT2D eigenvalue weighted by atomic mass is 10.0. The SMILES string of the molecule is O=C(NCC(F)(F)F)c1ccc(CNc2c(Cl)ccc3c2CCNCC3)cc1F.O=C(O)CCC(=O)O. The van der Waals surface area contributed by atoms with E-state index in [2.05, 4.69) is 10.6 Å². The van der Waals surface area contributed by atoms with Crippen molar-refractivity contribution in [1.82, 2.24) is 10.6 Å². The van der Waals surface area contributed by atoms with E-state index in [-0.39, 0.29) is 19.4 Å². The molecule has 0 aromatic heterocycles. The fourth-order valence-corrected chi connectivity index (χ4v) is 3.71. The van der Waals surface area contributed by atoms with Crippen molar-refractivity contribution in [3.05, 3.63) is 63.4 Å². The van der Waals surface area contributed by atoms with E-state index in [1.807, 2.05) is 12.1 Å². The number of carboxylic acids is 2. The van der Waals surface area contributed by atoms with Crippen molar-refractivity contribution in [2.75, 3.05) is 25.0 Å². The van der Waals surface area contributed by atoms with Gasteiger partial charge in [-0.1, -0.05) is 23.7 Å². The van der Waals surface area contributed by atoms with Crippen LogP contribution in [0.3, 0.4) is 0 Å². The van der Waals surface area contributed by atoms with Crippen molar-refractivity contribution in [3.8, 4) is 0 Å². The van der Waals surface area contributed by atoms with Crippen molar-refractivity contribution in [2.45, 2.75) is 38.4 Å². The number of benzene rings is 2. The van der Waals surface area contributed by atoms with Crippen LogP contribution in [-0.2, 0) is 29.0 Å². The minimum Gasteiger partial charge on any atom is -0.481 e. The number of halogens is 5. The molecule has 0 fully saturated rings. The van der Waals surface area contributed by atoms with Gasteiger partial charge in [0.05, 0.1) is 29.1 Å². The molecule has 0 unspecified atom stereocenters. The third kappa shape index (κ3) is 10.3. The summed E-state index contributed by atoms with van der Waals surface area (Å²) in [5.41, 5.74) is 3.21. The van der Waals surface area contributed by atoms with E-state index in [4.69, 9.17) is 21.8 Å². The lowest BCUT2D eigenvalue weighted by molar-refractivity contribution is -0.143. The summed E-state index contributed by atoms with van der Waals surface area (Å²) in [6.07, 6.45) is -3.45. The van der Waals surface area contributed by atoms with Crippen molar-refractivity contribution in [1.29, 1.82) is 0 Å². The van der Waals surface area contributed by atoms with Crippen LogP contribution < -0.4 is 16.0 Å². The highest BCUT2D eigenvalue weighted by Gasteiger charge is 2.28. The minimum absolute atomic E-state index is 0.255. The summed E-state index contributed by atoms with van der Waals surface area (Å²) in [7, 11) is 0. The van der Waals surface area contributed by atoms with Crippen molar-refractivity contribution in [2.24, 2.45) is 0 Å². The van der Waals surface area contributed by atoms with Crippen LogP contribution in [0.4, 0.5) is 23.2 Å².